The topological polar surface area (TPSA) is 66.9 Å². The highest BCUT2D eigenvalue weighted by molar-refractivity contribution is 6.12. The van der Waals surface area contributed by atoms with Crippen molar-refractivity contribution < 1.29 is 9.59 Å². The van der Waals surface area contributed by atoms with Gasteiger partial charge >= 0.3 is 0 Å². The van der Waals surface area contributed by atoms with Crippen molar-refractivity contribution in [1.82, 2.24) is 9.66 Å². The second-order valence-corrected chi connectivity index (χ2v) is 6.43. The third-order valence-electron chi connectivity index (χ3n) is 4.63. The van der Waals surface area contributed by atoms with Crippen LogP contribution in [0.5, 0.6) is 0 Å². The van der Waals surface area contributed by atoms with Crippen LogP contribution in [0, 0.1) is 6.92 Å². The first-order chi connectivity index (χ1) is 13.1. The third kappa shape index (κ3) is 3.15. The third-order valence-corrected chi connectivity index (χ3v) is 4.63. The van der Waals surface area contributed by atoms with E-state index in [1.165, 1.54) is 0 Å². The molecule has 2 N–H and O–H groups in total. The van der Waals surface area contributed by atoms with E-state index in [-0.39, 0.29) is 18.1 Å². The molecule has 2 aromatic carbocycles. The number of nitrogens with zero attached hydrogens (tertiary/aromatic N) is 1. The fourth-order valence-electron chi connectivity index (χ4n) is 3.33. The number of H-pyrrole nitrogens is 1. The monoisotopic (exact) mass is 357 g/mol. The van der Waals surface area contributed by atoms with Crippen LogP contribution in [0.2, 0.25) is 0 Å². The summed E-state index contributed by atoms with van der Waals surface area (Å²) in [5.74, 6) is -0.315. The smallest absolute Gasteiger partial charge is 0.244 e. The van der Waals surface area contributed by atoms with Crippen molar-refractivity contribution in [1.29, 1.82) is 0 Å². The van der Waals surface area contributed by atoms with E-state index in [0.717, 1.165) is 22.2 Å². The standard InChI is InChI=1S/C22H19N3O2/c1-15-18-11-5-6-12-19(18)25(24-20(26)14-17-10-7-13-23-17)21(15)22(27)16-8-3-2-4-9-16/h2-13,23H,14H2,1H3,(H,24,26). The number of aromatic nitrogens is 2. The minimum absolute atomic E-state index is 0.121. The number of fused-ring (bicyclic) bond motifs is 1. The van der Waals surface area contributed by atoms with Crippen LogP contribution in [0.15, 0.2) is 72.9 Å². The zero-order chi connectivity index (χ0) is 18.8. The maximum absolute atomic E-state index is 13.2. The lowest BCUT2D eigenvalue weighted by Crippen LogP contribution is -2.27. The van der Waals surface area contributed by atoms with Gasteiger partial charge in [0.15, 0.2) is 0 Å². The van der Waals surface area contributed by atoms with E-state index in [1.54, 1.807) is 23.0 Å². The van der Waals surface area contributed by atoms with Gasteiger partial charge < -0.3 is 4.98 Å². The molecule has 0 aliphatic heterocycles. The molecule has 5 nitrogen and oxygen atoms in total. The predicted octanol–water partition coefficient (Wildman–Crippen LogP) is 3.82. The summed E-state index contributed by atoms with van der Waals surface area (Å²) in [6.07, 6.45) is 1.99. The molecule has 0 radical (unpaired) electrons. The summed E-state index contributed by atoms with van der Waals surface area (Å²) in [6, 6.07) is 20.5. The zero-order valence-corrected chi connectivity index (χ0v) is 14.9. The summed E-state index contributed by atoms with van der Waals surface area (Å²) in [4.78, 5) is 28.8. The van der Waals surface area contributed by atoms with Gasteiger partial charge in [-0.05, 0) is 30.7 Å². The number of nitrogens with one attached hydrogen (secondary N) is 2. The Labute approximate surface area is 156 Å². The predicted molar refractivity (Wildman–Crippen MR) is 105 cm³/mol. The molecule has 0 bridgehead atoms. The molecule has 5 heteroatoms. The molecular weight excluding hydrogens is 338 g/mol. The van der Waals surface area contributed by atoms with Crippen LogP contribution in [0.25, 0.3) is 10.9 Å². The van der Waals surface area contributed by atoms with Gasteiger partial charge in [-0.1, -0.05) is 48.5 Å². The van der Waals surface area contributed by atoms with Gasteiger partial charge in [0.1, 0.15) is 5.69 Å². The van der Waals surface area contributed by atoms with Crippen molar-refractivity contribution in [2.24, 2.45) is 0 Å². The summed E-state index contributed by atoms with van der Waals surface area (Å²) in [5, 5.41) is 0.942. The molecule has 134 valence electrons. The number of para-hydroxylation sites is 1. The number of carbonyl (C=O) groups is 2. The fourth-order valence-corrected chi connectivity index (χ4v) is 3.33. The normalized spacial score (nSPS) is 10.9. The van der Waals surface area contributed by atoms with Gasteiger partial charge in [0.25, 0.3) is 0 Å². The van der Waals surface area contributed by atoms with Gasteiger partial charge in [-0.3, -0.25) is 15.0 Å². The van der Waals surface area contributed by atoms with Crippen molar-refractivity contribution in [2.45, 2.75) is 13.3 Å². The summed E-state index contributed by atoms with van der Waals surface area (Å²) in [6.45, 7) is 1.91. The number of ketones is 1. The molecule has 0 atom stereocenters. The van der Waals surface area contributed by atoms with Crippen molar-refractivity contribution in [2.75, 3.05) is 5.43 Å². The van der Waals surface area contributed by atoms with Crippen LogP contribution in [0.1, 0.15) is 27.3 Å². The van der Waals surface area contributed by atoms with E-state index in [0.29, 0.717) is 11.3 Å². The lowest BCUT2D eigenvalue weighted by molar-refractivity contribution is -0.116. The molecule has 0 aliphatic rings. The lowest BCUT2D eigenvalue weighted by atomic mass is 10.0. The average molecular weight is 357 g/mol. The molecule has 0 saturated carbocycles. The number of amides is 1. The summed E-state index contributed by atoms with van der Waals surface area (Å²) >= 11 is 0. The Morgan fingerprint density at radius 3 is 2.44 bits per heavy atom. The number of aromatic amines is 1. The molecule has 4 aromatic rings. The van der Waals surface area contributed by atoms with Crippen LogP contribution in [-0.4, -0.2) is 21.4 Å². The quantitative estimate of drug-likeness (QED) is 0.533. The first-order valence-electron chi connectivity index (χ1n) is 8.77. The summed E-state index contributed by atoms with van der Waals surface area (Å²) < 4.78 is 1.62. The van der Waals surface area contributed by atoms with Gasteiger partial charge in [0, 0.05) is 22.8 Å². The Morgan fingerprint density at radius 1 is 0.963 bits per heavy atom. The van der Waals surface area contributed by atoms with Crippen molar-refractivity contribution in [3.63, 3.8) is 0 Å². The highest BCUT2D eigenvalue weighted by atomic mass is 16.2. The molecular formula is C22H19N3O2. The summed E-state index contributed by atoms with van der Waals surface area (Å²) in [5.41, 5.74) is 6.42. The Bertz CT molecular complexity index is 1110. The fraction of sp³-hybridized carbons (Fsp3) is 0.0909. The Hall–Kier alpha value is -3.60. The van der Waals surface area contributed by atoms with E-state index in [4.69, 9.17) is 0 Å². The van der Waals surface area contributed by atoms with E-state index >= 15 is 0 Å². The molecule has 1 amide bonds. The number of rotatable bonds is 5. The van der Waals surface area contributed by atoms with E-state index in [1.807, 2.05) is 61.5 Å². The first-order valence-corrected chi connectivity index (χ1v) is 8.77. The molecule has 0 spiro atoms. The van der Waals surface area contributed by atoms with E-state index < -0.39 is 0 Å². The largest absolute Gasteiger partial charge is 0.365 e. The minimum atomic E-state index is -0.194. The lowest BCUT2D eigenvalue weighted by Gasteiger charge is -2.12. The molecule has 2 aromatic heterocycles. The number of carbonyl (C=O) groups excluding carboxylic acids is 2. The van der Waals surface area contributed by atoms with Crippen molar-refractivity contribution >= 4 is 22.6 Å². The summed E-state index contributed by atoms with van der Waals surface area (Å²) in [7, 11) is 0. The second kappa shape index (κ2) is 6.96. The van der Waals surface area contributed by atoms with Crippen LogP contribution >= 0.6 is 0 Å². The highest BCUT2D eigenvalue weighted by Gasteiger charge is 2.22. The number of hydrogen-bond donors (Lipinski definition) is 2. The van der Waals surface area contributed by atoms with Crippen LogP contribution in [0.3, 0.4) is 0 Å². The SMILES string of the molecule is Cc1c(C(=O)c2ccccc2)n(NC(=O)Cc2ccc[nH]2)c2ccccc12. The van der Waals surface area contributed by atoms with Crippen molar-refractivity contribution in [3.8, 4) is 0 Å². The van der Waals surface area contributed by atoms with Gasteiger partial charge in [-0.2, -0.15) is 0 Å². The highest BCUT2D eigenvalue weighted by Crippen LogP contribution is 2.26. The van der Waals surface area contributed by atoms with E-state index in [2.05, 4.69) is 10.4 Å². The molecule has 0 unspecified atom stereocenters. The van der Waals surface area contributed by atoms with Gasteiger partial charge in [-0.15, -0.1) is 0 Å². The Morgan fingerprint density at radius 2 is 1.70 bits per heavy atom. The molecule has 4 rings (SSSR count). The van der Waals surface area contributed by atoms with Crippen molar-refractivity contribution in [3.05, 3.63) is 95.4 Å². The molecule has 2 heterocycles. The molecule has 27 heavy (non-hydrogen) atoms. The second-order valence-electron chi connectivity index (χ2n) is 6.43. The van der Waals surface area contributed by atoms with Crippen LogP contribution < -0.4 is 5.43 Å². The number of benzene rings is 2. The minimum Gasteiger partial charge on any atom is -0.365 e. The molecule has 0 fully saturated rings. The van der Waals surface area contributed by atoms with Crippen LogP contribution in [-0.2, 0) is 11.2 Å². The van der Waals surface area contributed by atoms with E-state index in [9.17, 15) is 9.59 Å². The van der Waals surface area contributed by atoms with Crippen LogP contribution in [0.4, 0.5) is 0 Å². The van der Waals surface area contributed by atoms with Gasteiger partial charge in [-0.25, -0.2) is 4.68 Å². The molecule has 0 aliphatic carbocycles. The number of hydrogen-bond acceptors (Lipinski definition) is 2. The van der Waals surface area contributed by atoms with Gasteiger partial charge in [0.05, 0.1) is 11.9 Å². The maximum Gasteiger partial charge on any atom is 0.244 e. The maximum atomic E-state index is 13.2. The average Bonchev–Trinajstić information content (AvgIpc) is 3.29. The Kier molecular flexibility index (Phi) is 4.34. The molecule has 0 saturated heterocycles. The number of aryl methyl sites for hydroxylation is 1. The Balaban J connectivity index is 1.78. The van der Waals surface area contributed by atoms with Gasteiger partial charge in [0.2, 0.25) is 11.7 Å². The first kappa shape index (κ1) is 16.8. The zero-order valence-electron chi connectivity index (χ0n) is 14.9.